The van der Waals surface area contributed by atoms with Crippen LogP contribution in [0, 0.1) is 17.2 Å². The Hall–Kier alpha value is -4.70. The summed E-state index contributed by atoms with van der Waals surface area (Å²) in [5.74, 6) is 0.0306. The summed E-state index contributed by atoms with van der Waals surface area (Å²) in [6.45, 7) is 5.05. The number of hydrogen-bond acceptors (Lipinski definition) is 7. The molecule has 13 heteroatoms. The molecule has 1 aliphatic carbocycles. The number of hydrogen-bond donors (Lipinski definition) is 2. The van der Waals surface area contributed by atoms with Gasteiger partial charge in [0, 0.05) is 56.3 Å². The zero-order valence-corrected chi connectivity index (χ0v) is 25.9. The van der Waals surface area contributed by atoms with Crippen molar-refractivity contribution >= 4 is 28.9 Å². The van der Waals surface area contributed by atoms with Gasteiger partial charge in [-0.15, -0.1) is 0 Å². The molecule has 46 heavy (non-hydrogen) atoms. The molecule has 3 amide bonds. The third-order valence-electron chi connectivity index (χ3n) is 9.44. The Morgan fingerprint density at radius 2 is 1.67 bits per heavy atom. The fraction of sp³-hybridized carbons (Fsp3) is 0.515. The molecule has 2 aliphatic heterocycles. The van der Waals surface area contributed by atoms with Gasteiger partial charge in [-0.2, -0.15) is 10.3 Å². The number of fused-ring (bicyclic) bond motifs is 1. The molecule has 3 fully saturated rings. The second-order valence-corrected chi connectivity index (χ2v) is 12.3. The SMILES string of the molecule is N#Cc1ccc(C(=O)/N=c2\[nH]c3cnc(OCCN4CCCCC4)cc3n2[C@H]2CC[C@@H](C(=O)N3CCN(C(=O)O)CC3)CC2)cc1. The number of likely N-dealkylation sites (tertiary alicyclic amines) is 1. The van der Waals surface area contributed by atoms with Gasteiger partial charge in [-0.25, -0.2) is 9.78 Å². The summed E-state index contributed by atoms with van der Waals surface area (Å²) in [6, 6.07) is 10.3. The first-order valence-corrected chi connectivity index (χ1v) is 16.2. The van der Waals surface area contributed by atoms with Crippen LogP contribution < -0.4 is 10.4 Å². The van der Waals surface area contributed by atoms with E-state index in [1.807, 2.05) is 10.6 Å². The highest BCUT2D eigenvalue weighted by Gasteiger charge is 2.33. The molecule has 2 saturated heterocycles. The van der Waals surface area contributed by atoms with Crippen molar-refractivity contribution in [3.8, 4) is 11.9 Å². The van der Waals surface area contributed by atoms with Crippen molar-refractivity contribution in [3.05, 3.63) is 53.3 Å². The lowest BCUT2D eigenvalue weighted by atomic mass is 9.84. The topological polar surface area (TPSA) is 160 Å². The van der Waals surface area contributed by atoms with Crippen molar-refractivity contribution < 1.29 is 24.2 Å². The van der Waals surface area contributed by atoms with Crippen molar-refractivity contribution in [1.29, 1.82) is 5.26 Å². The average molecular weight is 629 g/mol. The lowest BCUT2D eigenvalue weighted by molar-refractivity contribution is -0.138. The van der Waals surface area contributed by atoms with E-state index in [2.05, 4.69) is 25.9 Å². The first kappa shape index (κ1) is 31.3. The van der Waals surface area contributed by atoms with Gasteiger partial charge in [-0.3, -0.25) is 14.5 Å². The number of ether oxygens (including phenoxy) is 1. The molecule has 2 N–H and O–H groups in total. The number of piperidine rings is 1. The summed E-state index contributed by atoms with van der Waals surface area (Å²) >= 11 is 0. The highest BCUT2D eigenvalue weighted by molar-refractivity contribution is 5.95. The quantitative estimate of drug-likeness (QED) is 0.403. The number of benzene rings is 1. The third-order valence-corrected chi connectivity index (χ3v) is 9.44. The molecule has 0 bridgehead atoms. The number of aromatic nitrogens is 3. The smallest absolute Gasteiger partial charge is 0.407 e. The molecule has 1 aromatic carbocycles. The number of carbonyl (C=O) groups excluding carboxylic acids is 2. The summed E-state index contributed by atoms with van der Waals surface area (Å²) in [6.07, 6.45) is 7.25. The lowest BCUT2D eigenvalue weighted by Gasteiger charge is -2.37. The molecule has 0 spiro atoms. The molecule has 13 nitrogen and oxygen atoms in total. The molecular formula is C33H40N8O5. The number of carboxylic acid groups (broad SMARTS) is 1. The zero-order valence-electron chi connectivity index (χ0n) is 25.9. The number of nitrogens with one attached hydrogen (secondary N) is 1. The molecule has 3 aliphatic rings. The number of piperazine rings is 1. The Kier molecular flexibility index (Phi) is 9.63. The molecule has 2 aromatic heterocycles. The van der Waals surface area contributed by atoms with Crippen LogP contribution >= 0.6 is 0 Å². The Morgan fingerprint density at radius 3 is 2.35 bits per heavy atom. The number of nitriles is 1. The van der Waals surface area contributed by atoms with Crippen molar-refractivity contribution in [1.82, 2.24) is 29.2 Å². The summed E-state index contributed by atoms with van der Waals surface area (Å²) in [7, 11) is 0. The van der Waals surface area contributed by atoms with Crippen LogP contribution in [-0.4, -0.2) is 105 Å². The van der Waals surface area contributed by atoms with Gasteiger partial charge in [0.2, 0.25) is 17.4 Å². The maximum Gasteiger partial charge on any atom is 0.407 e. The summed E-state index contributed by atoms with van der Waals surface area (Å²) in [4.78, 5) is 55.7. The Morgan fingerprint density at radius 1 is 0.978 bits per heavy atom. The number of H-pyrrole nitrogens is 1. The third kappa shape index (κ3) is 7.07. The monoisotopic (exact) mass is 628 g/mol. The zero-order chi connectivity index (χ0) is 32.0. The van der Waals surface area contributed by atoms with E-state index in [0.717, 1.165) is 30.7 Å². The molecule has 0 radical (unpaired) electrons. The van der Waals surface area contributed by atoms with E-state index >= 15 is 0 Å². The van der Waals surface area contributed by atoms with Gasteiger partial charge in [0.15, 0.2) is 0 Å². The van der Waals surface area contributed by atoms with Gasteiger partial charge in [-0.1, -0.05) is 6.42 Å². The first-order valence-electron chi connectivity index (χ1n) is 16.2. The molecule has 1 saturated carbocycles. The van der Waals surface area contributed by atoms with Crippen molar-refractivity contribution in [2.75, 3.05) is 52.4 Å². The fourth-order valence-electron chi connectivity index (χ4n) is 6.81. The largest absolute Gasteiger partial charge is 0.476 e. The Bertz CT molecular complexity index is 1670. The Labute approximate surface area is 267 Å². The average Bonchev–Trinajstić information content (AvgIpc) is 3.45. The van der Waals surface area contributed by atoms with Crippen LogP contribution in [0.5, 0.6) is 5.88 Å². The minimum absolute atomic E-state index is 0.0160. The van der Waals surface area contributed by atoms with E-state index in [0.29, 0.717) is 81.1 Å². The maximum absolute atomic E-state index is 13.3. The van der Waals surface area contributed by atoms with Crippen LogP contribution in [0.1, 0.15) is 66.9 Å². The summed E-state index contributed by atoms with van der Waals surface area (Å²) < 4.78 is 8.13. The van der Waals surface area contributed by atoms with E-state index < -0.39 is 12.0 Å². The maximum atomic E-state index is 13.3. The van der Waals surface area contributed by atoms with Gasteiger partial charge in [0.05, 0.1) is 28.9 Å². The van der Waals surface area contributed by atoms with E-state index in [1.54, 1.807) is 35.4 Å². The number of pyridine rings is 1. The predicted octanol–water partition coefficient (Wildman–Crippen LogP) is 3.40. The van der Waals surface area contributed by atoms with Gasteiger partial charge < -0.3 is 29.2 Å². The Balaban J connectivity index is 1.22. The highest BCUT2D eigenvalue weighted by atomic mass is 16.5. The van der Waals surface area contributed by atoms with Crippen LogP contribution in [0.4, 0.5) is 4.79 Å². The van der Waals surface area contributed by atoms with Crippen molar-refractivity contribution in [3.63, 3.8) is 0 Å². The van der Waals surface area contributed by atoms with E-state index in [9.17, 15) is 19.5 Å². The highest BCUT2D eigenvalue weighted by Crippen LogP contribution is 2.34. The molecule has 242 valence electrons. The van der Waals surface area contributed by atoms with E-state index in [4.69, 9.17) is 10.00 Å². The summed E-state index contributed by atoms with van der Waals surface area (Å²) in [5, 5.41) is 18.4. The van der Waals surface area contributed by atoms with Crippen molar-refractivity contribution in [2.24, 2.45) is 10.9 Å². The standard InChI is InChI=1S/C33H40N8O5/c34-21-23-4-6-24(7-5-23)30(42)37-32-36-27-22-35-29(46-19-18-38-12-2-1-3-13-38)20-28(27)41(32)26-10-8-25(9-11-26)31(43)39-14-16-40(17-15-39)33(44)45/h4-7,20,22,25-26H,1-3,8-19H2,(H,44,45)(H,36,37,42)/t25-,26+. The second-order valence-electron chi connectivity index (χ2n) is 12.3. The van der Waals surface area contributed by atoms with Gasteiger partial charge >= 0.3 is 6.09 Å². The number of carbonyl (C=O) groups is 3. The summed E-state index contributed by atoms with van der Waals surface area (Å²) in [5.41, 5.74) is 2.79. The van der Waals surface area contributed by atoms with Gasteiger partial charge in [0.25, 0.3) is 5.91 Å². The van der Waals surface area contributed by atoms with E-state index in [-0.39, 0.29) is 17.9 Å². The van der Waals surface area contributed by atoms with Crippen LogP contribution in [0.15, 0.2) is 41.5 Å². The molecular weight excluding hydrogens is 588 g/mol. The lowest BCUT2D eigenvalue weighted by Crippen LogP contribution is -2.52. The van der Waals surface area contributed by atoms with Gasteiger partial charge in [-0.05, 0) is 75.9 Å². The number of rotatable bonds is 7. The minimum atomic E-state index is -0.951. The number of aromatic amines is 1. The number of amides is 3. The fourth-order valence-corrected chi connectivity index (χ4v) is 6.81. The minimum Gasteiger partial charge on any atom is -0.476 e. The number of nitrogens with zero attached hydrogens (tertiary/aromatic N) is 7. The molecule has 0 atom stereocenters. The molecule has 0 unspecified atom stereocenters. The first-order chi connectivity index (χ1) is 22.4. The number of imidazole rings is 1. The molecule has 6 rings (SSSR count). The van der Waals surface area contributed by atoms with Crippen LogP contribution in [0.2, 0.25) is 0 Å². The van der Waals surface area contributed by atoms with Crippen LogP contribution in [-0.2, 0) is 4.79 Å². The van der Waals surface area contributed by atoms with Gasteiger partial charge in [0.1, 0.15) is 6.61 Å². The van der Waals surface area contributed by atoms with E-state index in [1.165, 1.54) is 24.2 Å². The van der Waals surface area contributed by atoms with Crippen molar-refractivity contribution in [2.45, 2.75) is 51.0 Å². The van der Waals surface area contributed by atoms with Crippen LogP contribution in [0.3, 0.4) is 0 Å². The second kappa shape index (κ2) is 14.2. The van der Waals surface area contributed by atoms with Crippen LogP contribution in [0.25, 0.3) is 11.0 Å². The molecule has 4 heterocycles. The molecule has 3 aromatic rings. The predicted molar refractivity (Wildman–Crippen MR) is 168 cm³/mol. The normalized spacial score (nSPS) is 21.2.